The molecule has 1 aromatic rings. The molecule has 80 valence electrons. The van der Waals surface area contributed by atoms with Gasteiger partial charge >= 0.3 is 5.66 Å². The van der Waals surface area contributed by atoms with Gasteiger partial charge in [-0.1, -0.05) is 6.07 Å². The average molecular weight is 211 g/mol. The van der Waals surface area contributed by atoms with Gasteiger partial charge in [-0.3, -0.25) is 9.84 Å². The maximum atomic E-state index is 7.25. The number of fused-ring (bicyclic) bond motifs is 1. The summed E-state index contributed by atoms with van der Waals surface area (Å²) in [5.41, 5.74) is 3.17. The van der Waals surface area contributed by atoms with Crippen molar-refractivity contribution in [2.24, 2.45) is 4.99 Å². The van der Waals surface area contributed by atoms with Crippen LogP contribution in [-0.2, 0) is 6.54 Å². The third-order valence-corrected chi connectivity index (χ3v) is 3.41. The molecule has 0 unspecified atom stereocenters. The van der Waals surface area contributed by atoms with Gasteiger partial charge in [0.2, 0.25) is 0 Å². The summed E-state index contributed by atoms with van der Waals surface area (Å²) < 4.78 is 0. The van der Waals surface area contributed by atoms with Crippen molar-refractivity contribution in [3.63, 3.8) is 0 Å². The SMILES string of the molecule is [C-]#[N+]C1(Nc2ccc3c(c2)C=NC3)CCC1. The highest BCUT2D eigenvalue weighted by Crippen LogP contribution is 2.37. The number of nitrogens with one attached hydrogen (secondary N) is 1. The van der Waals surface area contributed by atoms with Crippen molar-refractivity contribution < 1.29 is 0 Å². The summed E-state index contributed by atoms with van der Waals surface area (Å²) in [6.07, 6.45) is 4.98. The highest BCUT2D eigenvalue weighted by atomic mass is 15.1. The fourth-order valence-corrected chi connectivity index (χ4v) is 2.22. The summed E-state index contributed by atoms with van der Waals surface area (Å²) in [6, 6.07) is 6.25. The minimum Gasteiger partial charge on any atom is -0.314 e. The fourth-order valence-electron chi connectivity index (χ4n) is 2.22. The fraction of sp³-hybridized carbons (Fsp3) is 0.385. The van der Waals surface area contributed by atoms with Gasteiger partial charge in [-0.15, -0.1) is 0 Å². The first kappa shape index (κ1) is 9.41. The molecule has 2 aliphatic rings. The van der Waals surface area contributed by atoms with Gasteiger partial charge in [-0.05, 0) is 29.7 Å². The van der Waals surface area contributed by atoms with Crippen LogP contribution >= 0.6 is 0 Å². The van der Waals surface area contributed by atoms with Crippen molar-refractivity contribution in [3.8, 4) is 0 Å². The van der Waals surface area contributed by atoms with E-state index in [2.05, 4.69) is 33.4 Å². The van der Waals surface area contributed by atoms with Gasteiger partial charge in [-0.2, -0.15) is 0 Å². The standard InChI is InChI=1S/C13H13N3/c1-14-13(5-2-6-13)16-12-4-3-10-8-15-9-11(10)7-12/h3-4,7,9,16H,2,5-6,8H2. The maximum absolute atomic E-state index is 7.25. The molecule has 1 aliphatic heterocycles. The third-order valence-electron chi connectivity index (χ3n) is 3.41. The number of aliphatic imine (C=N–C) groups is 1. The van der Waals surface area contributed by atoms with Gasteiger partial charge in [0.25, 0.3) is 0 Å². The monoisotopic (exact) mass is 211 g/mol. The zero-order chi connectivity index (χ0) is 11.0. The van der Waals surface area contributed by atoms with Crippen LogP contribution in [0.25, 0.3) is 4.85 Å². The maximum Gasteiger partial charge on any atom is 0.305 e. The van der Waals surface area contributed by atoms with Crippen LogP contribution in [0.5, 0.6) is 0 Å². The Morgan fingerprint density at radius 1 is 1.38 bits per heavy atom. The molecule has 1 aromatic carbocycles. The normalized spacial score (nSPS) is 19.7. The van der Waals surface area contributed by atoms with E-state index in [1.807, 2.05) is 6.21 Å². The Bertz CT molecular complexity index is 492. The Labute approximate surface area is 95.0 Å². The van der Waals surface area contributed by atoms with E-state index in [9.17, 15) is 0 Å². The van der Waals surface area contributed by atoms with Crippen LogP contribution in [0.4, 0.5) is 5.69 Å². The van der Waals surface area contributed by atoms with Crippen LogP contribution in [0.3, 0.4) is 0 Å². The van der Waals surface area contributed by atoms with Gasteiger partial charge in [0.15, 0.2) is 0 Å². The molecule has 3 rings (SSSR count). The molecule has 1 aliphatic carbocycles. The first-order chi connectivity index (χ1) is 7.81. The summed E-state index contributed by atoms with van der Waals surface area (Å²) in [6.45, 7) is 8.04. The lowest BCUT2D eigenvalue weighted by Crippen LogP contribution is -2.41. The molecule has 3 nitrogen and oxygen atoms in total. The summed E-state index contributed by atoms with van der Waals surface area (Å²) in [5, 5.41) is 3.36. The summed E-state index contributed by atoms with van der Waals surface area (Å²) >= 11 is 0. The van der Waals surface area contributed by atoms with E-state index < -0.39 is 0 Å². The van der Waals surface area contributed by atoms with Gasteiger partial charge in [0.05, 0.1) is 6.54 Å². The molecule has 0 aromatic heterocycles. The smallest absolute Gasteiger partial charge is 0.305 e. The van der Waals surface area contributed by atoms with Gasteiger partial charge in [-0.25, -0.2) is 6.57 Å². The second-order valence-electron chi connectivity index (χ2n) is 4.51. The number of hydrogen-bond acceptors (Lipinski definition) is 2. The summed E-state index contributed by atoms with van der Waals surface area (Å²) in [7, 11) is 0. The molecular weight excluding hydrogens is 198 g/mol. The first-order valence-electron chi connectivity index (χ1n) is 5.61. The van der Waals surface area contributed by atoms with Crippen LogP contribution in [-0.4, -0.2) is 11.9 Å². The molecule has 0 atom stereocenters. The van der Waals surface area contributed by atoms with Gasteiger partial charge < -0.3 is 5.32 Å². The molecule has 0 spiro atoms. The molecule has 1 N–H and O–H groups in total. The van der Waals surface area contributed by atoms with E-state index in [4.69, 9.17) is 6.57 Å². The zero-order valence-corrected chi connectivity index (χ0v) is 9.03. The minimum atomic E-state index is -0.329. The van der Waals surface area contributed by atoms with Crippen molar-refractivity contribution >= 4 is 11.9 Å². The van der Waals surface area contributed by atoms with E-state index in [0.717, 1.165) is 31.5 Å². The molecule has 1 saturated carbocycles. The van der Waals surface area contributed by atoms with E-state index in [1.165, 1.54) is 11.1 Å². The number of nitrogens with zero attached hydrogens (tertiary/aromatic N) is 2. The van der Waals surface area contributed by atoms with E-state index in [0.29, 0.717) is 0 Å². The van der Waals surface area contributed by atoms with Crippen LogP contribution in [0.1, 0.15) is 30.4 Å². The van der Waals surface area contributed by atoms with Crippen LogP contribution in [0, 0.1) is 6.57 Å². The summed E-state index contributed by atoms with van der Waals surface area (Å²) in [4.78, 5) is 7.95. The lowest BCUT2D eigenvalue weighted by atomic mass is 9.85. The molecular formula is C13H13N3. The number of rotatable bonds is 2. The molecule has 1 fully saturated rings. The van der Waals surface area contributed by atoms with Gasteiger partial charge in [0, 0.05) is 24.7 Å². The highest BCUT2D eigenvalue weighted by molar-refractivity contribution is 5.86. The second kappa shape index (κ2) is 3.34. The second-order valence-corrected chi connectivity index (χ2v) is 4.51. The molecule has 3 heteroatoms. The highest BCUT2D eigenvalue weighted by Gasteiger charge is 2.43. The molecule has 0 bridgehead atoms. The summed E-state index contributed by atoms with van der Waals surface area (Å²) in [5.74, 6) is 0. The van der Waals surface area contributed by atoms with Crippen LogP contribution in [0.2, 0.25) is 0 Å². The predicted octanol–water partition coefficient (Wildman–Crippen LogP) is 2.83. The lowest BCUT2D eigenvalue weighted by molar-refractivity contribution is 0.343. The van der Waals surface area contributed by atoms with Crippen molar-refractivity contribution in [3.05, 3.63) is 40.7 Å². The largest absolute Gasteiger partial charge is 0.314 e. The first-order valence-corrected chi connectivity index (χ1v) is 5.61. The molecule has 0 saturated heterocycles. The van der Waals surface area contributed by atoms with Crippen molar-refractivity contribution in [2.75, 3.05) is 5.32 Å². The molecule has 1 heterocycles. The van der Waals surface area contributed by atoms with E-state index in [-0.39, 0.29) is 5.66 Å². The number of anilines is 1. The molecule has 0 radical (unpaired) electrons. The third kappa shape index (κ3) is 1.38. The number of hydrogen-bond donors (Lipinski definition) is 1. The molecule has 16 heavy (non-hydrogen) atoms. The predicted molar refractivity (Wildman–Crippen MR) is 64.5 cm³/mol. The Kier molecular flexibility index (Phi) is 1.97. The van der Waals surface area contributed by atoms with Crippen LogP contribution in [0.15, 0.2) is 23.2 Å². The zero-order valence-electron chi connectivity index (χ0n) is 9.03. The van der Waals surface area contributed by atoms with Crippen molar-refractivity contribution in [2.45, 2.75) is 31.5 Å². The van der Waals surface area contributed by atoms with Crippen molar-refractivity contribution in [1.82, 2.24) is 0 Å². The quantitative estimate of drug-likeness (QED) is 0.749. The Morgan fingerprint density at radius 2 is 2.25 bits per heavy atom. The topological polar surface area (TPSA) is 28.8 Å². The lowest BCUT2D eigenvalue weighted by Gasteiger charge is -2.31. The Balaban J connectivity index is 1.85. The number of benzene rings is 1. The van der Waals surface area contributed by atoms with E-state index in [1.54, 1.807) is 0 Å². The minimum absolute atomic E-state index is 0.329. The van der Waals surface area contributed by atoms with Gasteiger partial charge in [0.1, 0.15) is 0 Å². The van der Waals surface area contributed by atoms with Crippen LogP contribution < -0.4 is 5.32 Å². The molecule has 0 amide bonds. The average Bonchev–Trinajstić information content (AvgIpc) is 2.70. The Hall–Kier alpha value is -1.82. The van der Waals surface area contributed by atoms with Crippen molar-refractivity contribution in [1.29, 1.82) is 0 Å². The Morgan fingerprint density at radius 3 is 2.94 bits per heavy atom. The van der Waals surface area contributed by atoms with E-state index >= 15 is 0 Å².